The number of benzene rings is 1. The Morgan fingerprint density at radius 3 is 3.00 bits per heavy atom. The molecule has 0 aliphatic heterocycles. The van der Waals surface area contributed by atoms with Crippen molar-refractivity contribution >= 4 is 10.9 Å². The molecule has 0 spiro atoms. The van der Waals surface area contributed by atoms with Crippen LogP contribution in [0.25, 0.3) is 10.9 Å². The molecule has 18 heavy (non-hydrogen) atoms. The minimum atomic E-state index is -0.297. The van der Waals surface area contributed by atoms with Crippen LogP contribution in [0.2, 0.25) is 0 Å². The fourth-order valence-electron chi connectivity index (χ4n) is 1.43. The van der Waals surface area contributed by atoms with E-state index in [2.05, 4.69) is 9.97 Å². The van der Waals surface area contributed by atoms with Crippen molar-refractivity contribution in [2.24, 2.45) is 5.73 Å². The monoisotopic (exact) mass is 249 g/mol. The number of ether oxygens (including phenoxy) is 1. The molecule has 0 radical (unpaired) electrons. The molecule has 1 aromatic carbocycles. The fraction of sp³-hybridized carbons (Fsp3) is 0.167. The Balaban J connectivity index is 2.27. The van der Waals surface area contributed by atoms with Gasteiger partial charge in [0.15, 0.2) is 0 Å². The number of halogens is 1. The summed E-state index contributed by atoms with van der Waals surface area (Å²) >= 11 is 0. The second-order valence-corrected chi connectivity index (χ2v) is 3.65. The third-order valence-electron chi connectivity index (χ3n) is 2.40. The predicted molar refractivity (Wildman–Crippen MR) is 66.1 cm³/mol. The van der Waals surface area contributed by atoms with Gasteiger partial charge in [0, 0.05) is 12.1 Å². The van der Waals surface area contributed by atoms with E-state index in [1.54, 1.807) is 24.3 Å². The highest BCUT2D eigenvalue weighted by Gasteiger charge is 2.04. The molecule has 1 aromatic heterocycles. The number of fused-ring (bicyclic) bond motifs is 1. The molecular weight excluding hydrogens is 237 g/mol. The molecule has 3 N–H and O–H groups in total. The van der Waals surface area contributed by atoms with E-state index in [9.17, 15) is 9.18 Å². The topological polar surface area (TPSA) is 81.0 Å². The number of para-hydroxylation sites is 1. The largest absolute Gasteiger partial charge is 0.460 e. The Labute approximate surface area is 102 Å². The average Bonchev–Trinajstić information content (AvgIpc) is 2.40. The summed E-state index contributed by atoms with van der Waals surface area (Å²) in [6.45, 7) is 0.00257. The number of nitrogens with zero attached hydrogens (tertiary/aromatic N) is 1. The zero-order valence-corrected chi connectivity index (χ0v) is 9.52. The highest BCUT2D eigenvalue weighted by molar-refractivity contribution is 5.77. The van der Waals surface area contributed by atoms with E-state index < -0.39 is 0 Å². The quantitative estimate of drug-likeness (QED) is 0.850. The molecule has 6 heteroatoms. The van der Waals surface area contributed by atoms with Crippen LogP contribution in [0.15, 0.2) is 41.0 Å². The fourth-order valence-corrected chi connectivity index (χ4v) is 1.43. The van der Waals surface area contributed by atoms with Gasteiger partial charge in [0.1, 0.15) is 6.61 Å². The molecule has 0 aliphatic rings. The second-order valence-electron chi connectivity index (χ2n) is 3.65. The van der Waals surface area contributed by atoms with Gasteiger partial charge >= 0.3 is 0 Å². The predicted octanol–water partition coefficient (Wildman–Crippen LogP) is 1.11. The molecule has 94 valence electrons. The normalized spacial score (nSPS) is 11.8. The molecule has 2 rings (SSSR count). The highest BCUT2D eigenvalue weighted by Crippen LogP contribution is 2.09. The van der Waals surface area contributed by atoms with Crippen molar-refractivity contribution in [2.45, 2.75) is 0 Å². The maximum absolute atomic E-state index is 12.3. The Kier molecular flexibility index (Phi) is 3.69. The molecule has 0 saturated carbocycles. The van der Waals surface area contributed by atoms with Crippen LogP contribution in [0.5, 0.6) is 6.01 Å². The first-order chi connectivity index (χ1) is 8.74. The van der Waals surface area contributed by atoms with E-state index in [0.717, 1.165) is 0 Å². The van der Waals surface area contributed by atoms with Crippen molar-refractivity contribution in [2.75, 3.05) is 13.2 Å². The van der Waals surface area contributed by atoms with Gasteiger partial charge in [0.2, 0.25) is 0 Å². The number of nitrogens with two attached hydrogens (primary N) is 1. The number of nitrogens with one attached hydrogen (secondary N) is 1. The summed E-state index contributed by atoms with van der Waals surface area (Å²) < 4.78 is 17.5. The zero-order chi connectivity index (χ0) is 13.0. The van der Waals surface area contributed by atoms with Crippen molar-refractivity contribution in [3.8, 4) is 6.01 Å². The van der Waals surface area contributed by atoms with Crippen LogP contribution in [0.4, 0.5) is 4.39 Å². The van der Waals surface area contributed by atoms with Crippen LogP contribution in [-0.2, 0) is 0 Å². The third kappa shape index (κ3) is 2.54. The van der Waals surface area contributed by atoms with Crippen LogP contribution in [0.1, 0.15) is 0 Å². The lowest BCUT2D eigenvalue weighted by atomic mass is 10.2. The number of hydrogen-bond acceptors (Lipinski definition) is 4. The smallest absolute Gasteiger partial charge is 0.297 e. The van der Waals surface area contributed by atoms with Crippen molar-refractivity contribution in [3.63, 3.8) is 0 Å². The van der Waals surface area contributed by atoms with Crippen LogP contribution in [0.3, 0.4) is 0 Å². The maximum Gasteiger partial charge on any atom is 0.297 e. The molecule has 0 unspecified atom stereocenters. The maximum atomic E-state index is 12.3. The molecule has 0 fully saturated rings. The minimum absolute atomic E-state index is 0.0473. The van der Waals surface area contributed by atoms with Crippen LogP contribution in [-0.4, -0.2) is 23.1 Å². The highest BCUT2D eigenvalue weighted by atomic mass is 19.1. The van der Waals surface area contributed by atoms with E-state index in [4.69, 9.17) is 10.5 Å². The summed E-state index contributed by atoms with van der Waals surface area (Å²) in [4.78, 5) is 18.3. The molecule has 0 atom stereocenters. The van der Waals surface area contributed by atoms with Gasteiger partial charge in [0.25, 0.3) is 11.6 Å². The summed E-state index contributed by atoms with van der Waals surface area (Å²) in [5.74, 6) is 0. The molecule has 5 nitrogen and oxygen atoms in total. The Morgan fingerprint density at radius 1 is 1.50 bits per heavy atom. The average molecular weight is 249 g/mol. The minimum Gasteiger partial charge on any atom is -0.460 e. The molecule has 1 heterocycles. The van der Waals surface area contributed by atoms with Gasteiger partial charge in [-0.1, -0.05) is 12.1 Å². The lowest BCUT2D eigenvalue weighted by Crippen LogP contribution is -2.15. The van der Waals surface area contributed by atoms with Crippen molar-refractivity contribution in [1.82, 2.24) is 9.97 Å². The number of aromatic amines is 1. The van der Waals surface area contributed by atoms with Crippen LogP contribution in [0, 0.1) is 0 Å². The molecule has 0 aliphatic carbocycles. The summed E-state index contributed by atoms with van der Waals surface area (Å²) in [7, 11) is 0. The Bertz CT molecular complexity index is 637. The summed E-state index contributed by atoms with van der Waals surface area (Å²) in [6.07, 6.45) is 0.388. The zero-order valence-electron chi connectivity index (χ0n) is 9.52. The third-order valence-corrected chi connectivity index (χ3v) is 2.40. The van der Waals surface area contributed by atoms with Crippen molar-refractivity contribution in [3.05, 3.63) is 46.5 Å². The SMILES string of the molecule is NC/C(=C\F)COc1nc2ccccc2c(=O)[nH]1. The number of H-pyrrole nitrogens is 1. The van der Waals surface area contributed by atoms with Gasteiger partial charge in [-0.25, -0.2) is 4.39 Å². The van der Waals surface area contributed by atoms with E-state index >= 15 is 0 Å². The molecule has 0 amide bonds. The molecule has 0 saturated heterocycles. The first-order valence-corrected chi connectivity index (χ1v) is 5.34. The van der Waals surface area contributed by atoms with E-state index in [0.29, 0.717) is 17.2 Å². The van der Waals surface area contributed by atoms with Crippen molar-refractivity contribution < 1.29 is 9.13 Å². The summed E-state index contributed by atoms with van der Waals surface area (Å²) in [5.41, 5.74) is 5.80. The van der Waals surface area contributed by atoms with Gasteiger partial charge in [-0.15, -0.1) is 0 Å². The second kappa shape index (κ2) is 5.42. The van der Waals surface area contributed by atoms with Gasteiger partial charge in [0.05, 0.1) is 17.2 Å². The lowest BCUT2D eigenvalue weighted by molar-refractivity contribution is 0.320. The molecular formula is C12H12FN3O2. The summed E-state index contributed by atoms with van der Waals surface area (Å²) in [5, 5.41) is 0.477. The van der Waals surface area contributed by atoms with Gasteiger partial charge < -0.3 is 10.5 Å². The van der Waals surface area contributed by atoms with Gasteiger partial charge in [-0.2, -0.15) is 4.98 Å². The van der Waals surface area contributed by atoms with E-state index in [1.165, 1.54) is 0 Å². The number of aromatic nitrogens is 2. The molecule has 0 bridgehead atoms. The standard InChI is InChI=1S/C12H12FN3O2/c13-5-8(6-14)7-18-12-15-10-4-2-1-3-9(10)11(17)16-12/h1-5H,6-7,14H2,(H,15,16,17)/b8-5+. The molecule has 2 aromatic rings. The summed E-state index contributed by atoms with van der Waals surface area (Å²) in [6, 6.07) is 6.93. The van der Waals surface area contributed by atoms with Gasteiger partial charge in [-0.05, 0) is 12.1 Å². The lowest BCUT2D eigenvalue weighted by Gasteiger charge is -2.06. The van der Waals surface area contributed by atoms with Crippen LogP contribution < -0.4 is 16.0 Å². The number of rotatable bonds is 4. The first-order valence-electron chi connectivity index (χ1n) is 5.34. The van der Waals surface area contributed by atoms with Gasteiger partial charge in [-0.3, -0.25) is 9.78 Å². The Hall–Kier alpha value is -2.21. The first kappa shape index (κ1) is 12.3. The number of hydrogen-bond donors (Lipinski definition) is 2. The Morgan fingerprint density at radius 2 is 2.28 bits per heavy atom. The van der Waals surface area contributed by atoms with Crippen LogP contribution >= 0.6 is 0 Å². The van der Waals surface area contributed by atoms with E-state index in [-0.39, 0.29) is 30.3 Å². The van der Waals surface area contributed by atoms with E-state index in [1.807, 2.05) is 0 Å². The van der Waals surface area contributed by atoms with Crippen molar-refractivity contribution in [1.29, 1.82) is 0 Å².